The van der Waals surface area contributed by atoms with E-state index in [1.807, 2.05) is 52.8 Å². The van der Waals surface area contributed by atoms with Crippen LogP contribution in [0.5, 0.6) is 5.75 Å². The number of nitrogens with zero attached hydrogens (tertiary/aromatic N) is 2. The fourth-order valence-electron chi connectivity index (χ4n) is 3.43. The molecule has 1 aliphatic rings. The maximum absolute atomic E-state index is 12.0. The first kappa shape index (κ1) is 28.3. The summed E-state index contributed by atoms with van der Waals surface area (Å²) < 4.78 is 6.46. The summed E-state index contributed by atoms with van der Waals surface area (Å²) in [5.41, 5.74) is 7.70. The zero-order chi connectivity index (χ0) is 27.0. The van der Waals surface area contributed by atoms with E-state index in [0.29, 0.717) is 5.84 Å². The summed E-state index contributed by atoms with van der Waals surface area (Å²) in [5, 5.41) is 34.9. The van der Waals surface area contributed by atoms with E-state index in [0.717, 1.165) is 24.8 Å². The molecule has 1 unspecified atom stereocenters. The second-order valence-corrected chi connectivity index (χ2v) is 9.91. The molecular weight excluding hydrogens is 458 g/mol. The number of aromatic nitrogens is 1. The fourth-order valence-corrected chi connectivity index (χ4v) is 3.43. The van der Waals surface area contributed by atoms with Crippen LogP contribution in [0.4, 0.5) is 4.79 Å². The van der Waals surface area contributed by atoms with Gasteiger partial charge in [-0.25, -0.2) is 4.79 Å². The first-order chi connectivity index (χ1) is 16.8. The molecule has 0 bridgehead atoms. The van der Waals surface area contributed by atoms with Crippen LogP contribution in [0.2, 0.25) is 0 Å². The van der Waals surface area contributed by atoms with Gasteiger partial charge in [0.25, 0.3) is 6.02 Å². The highest BCUT2D eigenvalue weighted by molar-refractivity contribution is 5.96. The molecule has 1 heterocycles. The van der Waals surface area contributed by atoms with Crippen molar-refractivity contribution in [2.45, 2.75) is 59.9 Å². The Kier molecular flexibility index (Phi) is 9.54. The predicted octanol–water partition coefficient (Wildman–Crippen LogP) is 4.28. The van der Waals surface area contributed by atoms with Crippen molar-refractivity contribution < 1.29 is 14.6 Å². The summed E-state index contributed by atoms with van der Waals surface area (Å²) in [7, 11) is 0. The summed E-state index contributed by atoms with van der Waals surface area (Å²) >= 11 is 0. The number of benzene rings is 1. The predicted molar refractivity (Wildman–Crippen MR) is 140 cm³/mol. The van der Waals surface area contributed by atoms with Gasteiger partial charge in [0.2, 0.25) is 0 Å². The van der Waals surface area contributed by atoms with Crippen LogP contribution in [-0.4, -0.2) is 33.5 Å². The highest BCUT2D eigenvalue weighted by atomic mass is 16.5. The Bertz CT molecular complexity index is 1190. The lowest BCUT2D eigenvalue weighted by molar-refractivity contribution is 0.243. The standard InChI is InChI=1S/C17H24N4O2.C9H13N3O/c1-17(2,3)14(18)23-15(19)21-16(22)20-13-10-6-8-11-7-4-5-9-12(11)13;1-6(2)9(11)12-5-7(13)3-4-8(12)10/h4-5,7,9,13,18H,6,8,10H2,1-3H3,(H3,19,20,21,22);3-6,10-11,13H,1-2H3. The summed E-state index contributed by atoms with van der Waals surface area (Å²) in [6, 6.07) is 10.1. The number of aromatic hydroxyl groups is 1. The van der Waals surface area contributed by atoms with Crippen molar-refractivity contribution in [3.8, 4) is 5.75 Å². The van der Waals surface area contributed by atoms with Crippen molar-refractivity contribution >= 4 is 23.8 Å². The number of amides is 2. The molecule has 7 N–H and O–H groups in total. The van der Waals surface area contributed by atoms with Gasteiger partial charge in [0.05, 0.1) is 12.2 Å². The molecule has 10 heteroatoms. The van der Waals surface area contributed by atoms with Crippen molar-refractivity contribution in [2.24, 2.45) is 22.1 Å². The lowest BCUT2D eigenvalue weighted by Crippen LogP contribution is -2.33. The highest BCUT2D eigenvalue weighted by Gasteiger charge is 2.23. The number of fused-ring (bicyclic) bond motifs is 1. The molecule has 3 rings (SSSR count). The van der Waals surface area contributed by atoms with Crippen molar-refractivity contribution in [1.29, 1.82) is 16.2 Å². The molecule has 1 aromatic carbocycles. The number of aliphatic imine (C=N–C) groups is 1. The summed E-state index contributed by atoms with van der Waals surface area (Å²) in [6.07, 6.45) is 4.30. The van der Waals surface area contributed by atoms with Crippen molar-refractivity contribution in [1.82, 2.24) is 9.88 Å². The molecule has 10 nitrogen and oxygen atoms in total. The summed E-state index contributed by atoms with van der Waals surface area (Å²) in [4.78, 5) is 15.7. The third kappa shape index (κ3) is 8.07. The number of carbonyl (C=O) groups is 1. The molecule has 0 spiro atoms. The molecule has 2 amide bonds. The monoisotopic (exact) mass is 495 g/mol. The third-order valence-corrected chi connectivity index (χ3v) is 5.51. The minimum Gasteiger partial charge on any atom is -0.506 e. The van der Waals surface area contributed by atoms with Crippen LogP contribution in [0.1, 0.15) is 64.6 Å². The number of pyridine rings is 1. The lowest BCUT2D eigenvalue weighted by atomic mass is 9.88. The van der Waals surface area contributed by atoms with Crippen LogP contribution in [0, 0.1) is 27.6 Å². The Labute approximate surface area is 211 Å². The van der Waals surface area contributed by atoms with E-state index in [2.05, 4.69) is 16.4 Å². The normalized spacial score (nSPS) is 15.3. The Morgan fingerprint density at radius 3 is 2.53 bits per heavy atom. The first-order valence-electron chi connectivity index (χ1n) is 11.8. The number of hydrogen-bond acceptors (Lipinski definition) is 6. The van der Waals surface area contributed by atoms with Crippen LogP contribution < -0.4 is 16.5 Å². The van der Waals surface area contributed by atoms with E-state index in [-0.39, 0.29) is 35.1 Å². The van der Waals surface area contributed by atoms with E-state index < -0.39 is 11.4 Å². The average molecular weight is 496 g/mol. The molecule has 0 aliphatic heterocycles. The molecule has 194 valence electrons. The minimum atomic E-state index is -0.550. The molecule has 0 saturated heterocycles. The minimum absolute atomic E-state index is 0.0328. The van der Waals surface area contributed by atoms with Crippen LogP contribution >= 0.6 is 0 Å². The van der Waals surface area contributed by atoms with Crippen LogP contribution in [0.3, 0.4) is 0 Å². The maximum Gasteiger partial charge on any atom is 0.346 e. The van der Waals surface area contributed by atoms with Gasteiger partial charge in [0, 0.05) is 11.3 Å². The topological polar surface area (TPSA) is 173 Å². The number of nitrogens with two attached hydrogens (primary N) is 1. The Morgan fingerprint density at radius 2 is 1.89 bits per heavy atom. The third-order valence-electron chi connectivity index (χ3n) is 5.51. The van der Waals surface area contributed by atoms with Crippen molar-refractivity contribution in [3.05, 3.63) is 59.2 Å². The molecule has 1 aliphatic carbocycles. The number of urea groups is 1. The Hall–Kier alpha value is -3.95. The summed E-state index contributed by atoms with van der Waals surface area (Å²) in [5.74, 6) is 0.382. The van der Waals surface area contributed by atoms with Gasteiger partial charge in [-0.1, -0.05) is 58.9 Å². The number of carbonyl (C=O) groups excluding carboxylic acids is 1. The van der Waals surface area contributed by atoms with Gasteiger partial charge < -0.3 is 20.9 Å². The average Bonchev–Trinajstić information content (AvgIpc) is 2.80. The van der Waals surface area contributed by atoms with E-state index in [1.165, 1.54) is 28.5 Å². The van der Waals surface area contributed by atoms with Gasteiger partial charge in [-0.15, -0.1) is 4.99 Å². The molecule has 0 fully saturated rings. The number of amidine groups is 1. The van der Waals surface area contributed by atoms with Crippen LogP contribution in [-0.2, 0) is 11.2 Å². The summed E-state index contributed by atoms with van der Waals surface area (Å²) in [6.45, 7) is 9.21. The van der Waals surface area contributed by atoms with Crippen molar-refractivity contribution in [2.75, 3.05) is 0 Å². The zero-order valence-corrected chi connectivity index (χ0v) is 21.6. The molecule has 0 saturated carbocycles. The van der Waals surface area contributed by atoms with Gasteiger partial charge in [0.15, 0.2) is 5.90 Å². The van der Waals surface area contributed by atoms with Gasteiger partial charge in [-0.3, -0.25) is 20.8 Å². The largest absolute Gasteiger partial charge is 0.506 e. The number of nitrogens with one attached hydrogen (secondary N) is 4. The number of aryl methyl sites for hydroxylation is 1. The number of rotatable bonds is 2. The molecule has 1 atom stereocenters. The molecule has 36 heavy (non-hydrogen) atoms. The van der Waals surface area contributed by atoms with Gasteiger partial charge in [-0.2, -0.15) is 0 Å². The molecule has 2 aromatic rings. The van der Waals surface area contributed by atoms with Crippen LogP contribution in [0.25, 0.3) is 0 Å². The Morgan fingerprint density at radius 1 is 1.22 bits per heavy atom. The fraction of sp³-hybridized carbons (Fsp3) is 0.423. The second-order valence-electron chi connectivity index (χ2n) is 9.91. The highest BCUT2D eigenvalue weighted by Crippen LogP contribution is 2.29. The molecule has 1 aromatic heterocycles. The Balaban J connectivity index is 0.000000297. The van der Waals surface area contributed by atoms with E-state index in [1.54, 1.807) is 0 Å². The SMILES string of the molecule is CC(C)(C)C(=N)O/C(N)=N\C(=O)NC1CCCc2ccccc21.CC(C)C(=N)n1cc(O)ccc1=N. The molecular formula is C26H37N7O3. The van der Waals surface area contributed by atoms with Gasteiger partial charge in [0.1, 0.15) is 17.1 Å². The quantitative estimate of drug-likeness (QED) is 0.269. The zero-order valence-electron chi connectivity index (χ0n) is 21.6. The van der Waals surface area contributed by atoms with Gasteiger partial charge >= 0.3 is 6.03 Å². The van der Waals surface area contributed by atoms with Crippen LogP contribution in [0.15, 0.2) is 47.6 Å². The molecule has 0 radical (unpaired) electrons. The second kappa shape index (κ2) is 12.1. The first-order valence-corrected chi connectivity index (χ1v) is 11.8. The van der Waals surface area contributed by atoms with E-state index >= 15 is 0 Å². The number of ether oxygens (including phenoxy) is 1. The maximum atomic E-state index is 12.0. The van der Waals surface area contributed by atoms with Gasteiger partial charge in [-0.05, 0) is 42.5 Å². The smallest absolute Gasteiger partial charge is 0.346 e. The van der Waals surface area contributed by atoms with E-state index in [9.17, 15) is 4.79 Å². The van der Waals surface area contributed by atoms with E-state index in [4.69, 9.17) is 31.8 Å². The lowest BCUT2D eigenvalue weighted by Gasteiger charge is -2.25. The van der Waals surface area contributed by atoms with Crippen molar-refractivity contribution in [3.63, 3.8) is 0 Å². The number of hydrogen-bond donors (Lipinski definition) is 6.